The van der Waals surface area contributed by atoms with Gasteiger partial charge in [0.25, 0.3) is 0 Å². The molecule has 1 aliphatic rings. The van der Waals surface area contributed by atoms with Crippen molar-refractivity contribution >= 4 is 17.5 Å². The number of hydrogen-bond acceptors (Lipinski definition) is 1. The first-order chi connectivity index (χ1) is 7.13. The van der Waals surface area contributed by atoms with Crippen LogP contribution in [0.25, 0.3) is 0 Å². The van der Waals surface area contributed by atoms with Gasteiger partial charge >= 0.3 is 0 Å². The topological polar surface area (TPSA) is 29.1 Å². The molecule has 88 valence electrons. The van der Waals surface area contributed by atoms with E-state index in [1.165, 1.54) is 19.3 Å². The van der Waals surface area contributed by atoms with E-state index >= 15 is 0 Å². The Morgan fingerprint density at radius 1 is 1.47 bits per heavy atom. The van der Waals surface area contributed by atoms with Gasteiger partial charge in [0.15, 0.2) is 0 Å². The fourth-order valence-corrected chi connectivity index (χ4v) is 2.15. The van der Waals surface area contributed by atoms with Gasteiger partial charge in [-0.1, -0.05) is 20.3 Å². The first-order valence-electron chi connectivity index (χ1n) is 5.98. The minimum Gasteiger partial charge on any atom is -0.353 e. The third-order valence-electron chi connectivity index (χ3n) is 3.27. The van der Waals surface area contributed by atoms with E-state index in [-0.39, 0.29) is 11.9 Å². The maximum atomic E-state index is 11.7. The van der Waals surface area contributed by atoms with Crippen LogP contribution >= 0.6 is 11.6 Å². The van der Waals surface area contributed by atoms with Gasteiger partial charge in [0.05, 0.1) is 0 Å². The van der Waals surface area contributed by atoms with E-state index < -0.39 is 0 Å². The number of amides is 1. The lowest BCUT2D eigenvalue weighted by atomic mass is 9.82. The molecule has 0 spiro atoms. The SMILES string of the molecule is CC(C)C(CCCl)NC(=O)CC1CCC1. The van der Waals surface area contributed by atoms with Gasteiger partial charge in [-0.15, -0.1) is 11.6 Å². The second kappa shape index (κ2) is 6.37. The predicted molar refractivity (Wildman–Crippen MR) is 64.1 cm³/mol. The smallest absolute Gasteiger partial charge is 0.220 e. The molecule has 0 saturated heterocycles. The molecule has 1 saturated carbocycles. The van der Waals surface area contributed by atoms with Crippen LogP contribution in [-0.4, -0.2) is 17.8 Å². The Hall–Kier alpha value is -0.240. The average Bonchev–Trinajstić information content (AvgIpc) is 2.10. The van der Waals surface area contributed by atoms with Crippen molar-refractivity contribution in [2.45, 2.75) is 52.0 Å². The number of rotatable bonds is 6. The van der Waals surface area contributed by atoms with Gasteiger partial charge in [-0.25, -0.2) is 0 Å². The lowest BCUT2D eigenvalue weighted by Crippen LogP contribution is -2.40. The quantitative estimate of drug-likeness (QED) is 0.700. The van der Waals surface area contributed by atoms with Crippen LogP contribution in [0.4, 0.5) is 0 Å². The highest BCUT2D eigenvalue weighted by Crippen LogP contribution is 2.29. The average molecular weight is 232 g/mol. The van der Waals surface area contributed by atoms with E-state index in [0.29, 0.717) is 24.1 Å². The molecule has 1 aliphatic carbocycles. The van der Waals surface area contributed by atoms with Gasteiger partial charge < -0.3 is 5.32 Å². The molecule has 0 radical (unpaired) electrons. The molecule has 0 bridgehead atoms. The van der Waals surface area contributed by atoms with Gasteiger partial charge in [-0.05, 0) is 31.1 Å². The third kappa shape index (κ3) is 4.42. The summed E-state index contributed by atoms with van der Waals surface area (Å²) in [6, 6.07) is 0.245. The van der Waals surface area contributed by atoms with Crippen molar-refractivity contribution in [3.63, 3.8) is 0 Å². The fraction of sp³-hybridized carbons (Fsp3) is 0.917. The molecule has 0 aromatic heterocycles. The molecule has 1 fully saturated rings. The van der Waals surface area contributed by atoms with Gasteiger partial charge in [0, 0.05) is 18.3 Å². The summed E-state index contributed by atoms with van der Waals surface area (Å²) in [6.07, 6.45) is 5.35. The highest BCUT2D eigenvalue weighted by atomic mass is 35.5. The monoisotopic (exact) mass is 231 g/mol. The molecule has 0 heterocycles. The molecule has 15 heavy (non-hydrogen) atoms. The molecular formula is C12H22ClNO. The number of nitrogens with one attached hydrogen (secondary N) is 1. The standard InChI is InChI=1S/C12H22ClNO/c1-9(2)11(6-7-13)14-12(15)8-10-4-3-5-10/h9-11H,3-8H2,1-2H3,(H,14,15). The van der Waals surface area contributed by atoms with E-state index in [4.69, 9.17) is 11.6 Å². The molecule has 0 aromatic rings. The zero-order valence-electron chi connectivity index (χ0n) is 9.76. The van der Waals surface area contributed by atoms with Crippen LogP contribution in [0.1, 0.15) is 46.0 Å². The van der Waals surface area contributed by atoms with Crippen LogP contribution < -0.4 is 5.32 Å². The van der Waals surface area contributed by atoms with E-state index in [0.717, 1.165) is 6.42 Å². The highest BCUT2D eigenvalue weighted by Gasteiger charge is 2.22. The number of alkyl halides is 1. The Balaban J connectivity index is 2.25. The minimum atomic E-state index is 0.212. The molecule has 2 nitrogen and oxygen atoms in total. The van der Waals surface area contributed by atoms with Gasteiger partial charge in [0.2, 0.25) is 5.91 Å². The van der Waals surface area contributed by atoms with E-state index in [9.17, 15) is 4.79 Å². The molecule has 1 amide bonds. The van der Waals surface area contributed by atoms with Crippen molar-refractivity contribution in [3.05, 3.63) is 0 Å². The molecular weight excluding hydrogens is 210 g/mol. The van der Waals surface area contributed by atoms with Crippen LogP contribution in [0.5, 0.6) is 0 Å². The highest BCUT2D eigenvalue weighted by molar-refractivity contribution is 6.17. The van der Waals surface area contributed by atoms with E-state index in [1.807, 2.05) is 0 Å². The summed E-state index contributed by atoms with van der Waals surface area (Å²) >= 11 is 5.72. The first-order valence-corrected chi connectivity index (χ1v) is 6.52. The van der Waals surface area contributed by atoms with Crippen molar-refractivity contribution in [2.75, 3.05) is 5.88 Å². The second-order valence-corrected chi connectivity index (χ2v) is 5.27. The molecule has 1 atom stereocenters. The van der Waals surface area contributed by atoms with Crippen molar-refractivity contribution in [3.8, 4) is 0 Å². The predicted octanol–water partition coefficient (Wildman–Crippen LogP) is 2.95. The molecule has 0 aromatic carbocycles. The van der Waals surface area contributed by atoms with Gasteiger partial charge in [-0.3, -0.25) is 4.79 Å². The van der Waals surface area contributed by atoms with Crippen molar-refractivity contribution in [1.29, 1.82) is 0 Å². The number of halogens is 1. The Morgan fingerprint density at radius 3 is 2.53 bits per heavy atom. The van der Waals surface area contributed by atoms with E-state index in [1.54, 1.807) is 0 Å². The summed E-state index contributed by atoms with van der Waals surface area (Å²) in [5, 5.41) is 3.09. The van der Waals surface area contributed by atoms with Crippen LogP contribution in [0.15, 0.2) is 0 Å². The largest absolute Gasteiger partial charge is 0.353 e. The molecule has 3 heteroatoms. The second-order valence-electron chi connectivity index (χ2n) is 4.90. The summed E-state index contributed by atoms with van der Waals surface area (Å²) in [7, 11) is 0. The molecule has 0 aliphatic heterocycles. The molecule has 1 N–H and O–H groups in total. The summed E-state index contributed by atoms with van der Waals surface area (Å²) in [6.45, 7) is 4.25. The fourth-order valence-electron chi connectivity index (χ4n) is 1.91. The van der Waals surface area contributed by atoms with Crippen LogP contribution in [0.3, 0.4) is 0 Å². The Kier molecular flexibility index (Phi) is 5.44. The van der Waals surface area contributed by atoms with E-state index in [2.05, 4.69) is 19.2 Å². The summed E-state index contributed by atoms with van der Waals surface area (Å²) < 4.78 is 0. The van der Waals surface area contributed by atoms with Crippen LogP contribution in [0, 0.1) is 11.8 Å². The maximum absolute atomic E-state index is 11.7. The lowest BCUT2D eigenvalue weighted by molar-refractivity contribution is -0.123. The Bertz CT molecular complexity index is 202. The van der Waals surface area contributed by atoms with Crippen LogP contribution in [0.2, 0.25) is 0 Å². The zero-order valence-corrected chi connectivity index (χ0v) is 10.5. The van der Waals surface area contributed by atoms with Crippen molar-refractivity contribution in [2.24, 2.45) is 11.8 Å². The number of carbonyl (C=O) groups is 1. The minimum absolute atomic E-state index is 0.212. The maximum Gasteiger partial charge on any atom is 0.220 e. The first kappa shape index (κ1) is 12.8. The lowest BCUT2D eigenvalue weighted by Gasteiger charge is -2.27. The van der Waals surface area contributed by atoms with Crippen molar-refractivity contribution in [1.82, 2.24) is 5.32 Å². The Morgan fingerprint density at radius 2 is 2.13 bits per heavy atom. The zero-order chi connectivity index (χ0) is 11.3. The normalized spacial score (nSPS) is 18.7. The molecule has 1 unspecified atom stereocenters. The number of carbonyl (C=O) groups excluding carboxylic acids is 1. The summed E-state index contributed by atoms with van der Waals surface area (Å²) in [5.41, 5.74) is 0. The van der Waals surface area contributed by atoms with Gasteiger partial charge in [-0.2, -0.15) is 0 Å². The summed E-state index contributed by atoms with van der Waals surface area (Å²) in [4.78, 5) is 11.7. The third-order valence-corrected chi connectivity index (χ3v) is 3.49. The number of hydrogen-bond donors (Lipinski definition) is 1. The summed E-state index contributed by atoms with van der Waals surface area (Å²) in [5.74, 6) is 1.94. The van der Waals surface area contributed by atoms with Crippen LogP contribution in [-0.2, 0) is 4.79 Å². The van der Waals surface area contributed by atoms with Gasteiger partial charge in [0.1, 0.15) is 0 Å². The van der Waals surface area contributed by atoms with Crippen molar-refractivity contribution < 1.29 is 4.79 Å². The molecule has 1 rings (SSSR count). The Labute approximate surface area is 97.8 Å².